The van der Waals surface area contributed by atoms with Crippen LogP contribution in [-0.4, -0.2) is 29.9 Å². The highest BCUT2D eigenvalue weighted by molar-refractivity contribution is 6.08. The van der Waals surface area contributed by atoms with E-state index in [1.165, 1.54) is 17.8 Å². The van der Waals surface area contributed by atoms with Crippen molar-refractivity contribution in [3.8, 4) is 0 Å². The molecule has 3 heteroatoms. The zero-order valence-corrected chi connectivity index (χ0v) is 9.29. The van der Waals surface area contributed by atoms with Crippen molar-refractivity contribution in [1.82, 2.24) is 0 Å². The molecule has 1 N–H and O–H groups in total. The van der Waals surface area contributed by atoms with Crippen LogP contribution in [0.2, 0.25) is 6.04 Å². The van der Waals surface area contributed by atoms with Gasteiger partial charge in [0, 0.05) is 29.9 Å². The van der Waals surface area contributed by atoms with E-state index in [4.69, 9.17) is 0 Å². The molecule has 0 spiro atoms. The van der Waals surface area contributed by atoms with Gasteiger partial charge in [-0.05, 0) is 18.6 Å². The molecule has 1 aromatic rings. The van der Waals surface area contributed by atoms with Crippen molar-refractivity contribution in [3.05, 3.63) is 24.3 Å². The molecule has 1 heterocycles. The molecule has 0 saturated carbocycles. The van der Waals surface area contributed by atoms with Crippen molar-refractivity contribution in [2.75, 3.05) is 29.9 Å². The number of para-hydroxylation sites is 2. The smallest absolute Gasteiger partial charge is 0.0602 e. The van der Waals surface area contributed by atoms with E-state index in [1.54, 1.807) is 0 Å². The van der Waals surface area contributed by atoms with Gasteiger partial charge in [-0.15, -0.1) is 0 Å². The number of nitrogens with zero attached hydrogens (tertiary/aromatic N) is 1. The van der Waals surface area contributed by atoms with Gasteiger partial charge in [-0.2, -0.15) is 0 Å². The molecule has 0 amide bonds. The van der Waals surface area contributed by atoms with Crippen molar-refractivity contribution in [3.63, 3.8) is 0 Å². The molecule has 0 atom stereocenters. The van der Waals surface area contributed by atoms with Crippen LogP contribution in [0.1, 0.15) is 6.42 Å². The highest BCUT2D eigenvalue weighted by atomic mass is 28.1. The molecule has 1 aliphatic rings. The largest absolute Gasteiger partial charge is 0.382 e. The second kappa shape index (κ2) is 4.51. The first-order chi connectivity index (χ1) is 6.92. The summed E-state index contributed by atoms with van der Waals surface area (Å²) in [6.45, 7) is 3.31. The van der Waals surface area contributed by atoms with Gasteiger partial charge in [0.25, 0.3) is 0 Å². The fourth-order valence-corrected chi connectivity index (χ4v) is 2.01. The lowest BCUT2D eigenvalue weighted by molar-refractivity contribution is 0.759. The van der Waals surface area contributed by atoms with E-state index in [1.807, 2.05) is 0 Å². The summed E-state index contributed by atoms with van der Waals surface area (Å²) in [5.74, 6) is 0. The number of hydrogen-bond acceptors (Lipinski definition) is 2. The van der Waals surface area contributed by atoms with Gasteiger partial charge >= 0.3 is 0 Å². The maximum atomic E-state index is 3.52. The third kappa shape index (κ3) is 1.92. The zero-order chi connectivity index (χ0) is 9.80. The molecule has 0 saturated heterocycles. The zero-order valence-electron chi connectivity index (χ0n) is 8.29. The van der Waals surface area contributed by atoms with Crippen LogP contribution in [0.5, 0.6) is 0 Å². The average Bonchev–Trinajstić information content (AvgIpc) is 2.26. The Labute approximate surface area is 88.7 Å². The third-order valence-electron chi connectivity index (χ3n) is 2.55. The Balaban J connectivity index is 2.14. The molecule has 2 nitrogen and oxygen atoms in total. The van der Waals surface area contributed by atoms with Gasteiger partial charge in [0.2, 0.25) is 0 Å². The maximum Gasteiger partial charge on any atom is 0.0602 e. The van der Waals surface area contributed by atoms with E-state index in [2.05, 4.69) is 44.7 Å². The van der Waals surface area contributed by atoms with E-state index in [9.17, 15) is 0 Å². The van der Waals surface area contributed by atoms with Gasteiger partial charge in [0.15, 0.2) is 0 Å². The second-order valence-corrected chi connectivity index (χ2v) is 4.03. The molecule has 0 aliphatic carbocycles. The number of hydrogen-bond donors (Lipinski definition) is 1. The van der Waals surface area contributed by atoms with Crippen LogP contribution in [0.15, 0.2) is 24.3 Å². The number of rotatable bonds is 3. The molecule has 0 bridgehead atoms. The SMILES string of the molecule is [Si]CCCN1CCNc2ccccc21. The average molecular weight is 203 g/mol. The van der Waals surface area contributed by atoms with Crippen molar-refractivity contribution < 1.29 is 0 Å². The first-order valence-corrected chi connectivity index (χ1v) is 5.85. The molecule has 1 aromatic carbocycles. The Hall–Kier alpha value is -0.963. The molecule has 0 aromatic heterocycles. The number of anilines is 2. The summed E-state index contributed by atoms with van der Waals surface area (Å²) in [5.41, 5.74) is 2.62. The van der Waals surface area contributed by atoms with Gasteiger partial charge in [-0.25, -0.2) is 0 Å². The van der Waals surface area contributed by atoms with Crippen LogP contribution < -0.4 is 10.2 Å². The highest BCUT2D eigenvalue weighted by Crippen LogP contribution is 2.28. The quantitative estimate of drug-likeness (QED) is 0.755. The number of benzene rings is 1. The van der Waals surface area contributed by atoms with Gasteiger partial charge < -0.3 is 10.2 Å². The minimum atomic E-state index is 1.05. The Morgan fingerprint density at radius 1 is 1.36 bits per heavy atom. The van der Waals surface area contributed by atoms with Gasteiger partial charge in [-0.1, -0.05) is 18.2 Å². The van der Waals surface area contributed by atoms with Gasteiger partial charge in [0.1, 0.15) is 0 Å². The number of nitrogens with one attached hydrogen (secondary N) is 1. The minimum Gasteiger partial charge on any atom is -0.382 e. The number of fused-ring (bicyclic) bond motifs is 1. The van der Waals surface area contributed by atoms with Crippen molar-refractivity contribution in [2.24, 2.45) is 0 Å². The van der Waals surface area contributed by atoms with Crippen LogP contribution in [0, 0.1) is 0 Å². The van der Waals surface area contributed by atoms with Crippen molar-refractivity contribution in [2.45, 2.75) is 12.5 Å². The molecule has 14 heavy (non-hydrogen) atoms. The summed E-state index contributed by atoms with van der Waals surface area (Å²) in [6.07, 6.45) is 1.20. The van der Waals surface area contributed by atoms with Crippen LogP contribution in [-0.2, 0) is 0 Å². The lowest BCUT2D eigenvalue weighted by Gasteiger charge is -2.31. The van der Waals surface area contributed by atoms with E-state index in [0.717, 1.165) is 25.7 Å². The van der Waals surface area contributed by atoms with Gasteiger partial charge in [-0.3, -0.25) is 0 Å². The van der Waals surface area contributed by atoms with Gasteiger partial charge in [0.05, 0.1) is 11.4 Å². The Morgan fingerprint density at radius 3 is 3.07 bits per heavy atom. The molecule has 0 unspecified atom stereocenters. The maximum absolute atomic E-state index is 3.52. The van der Waals surface area contributed by atoms with E-state index < -0.39 is 0 Å². The monoisotopic (exact) mass is 203 g/mol. The summed E-state index contributed by atoms with van der Waals surface area (Å²) in [6, 6.07) is 9.60. The topological polar surface area (TPSA) is 15.3 Å². The molecule has 3 radical (unpaired) electrons. The van der Waals surface area contributed by atoms with Crippen LogP contribution in [0.4, 0.5) is 11.4 Å². The molecule has 0 fully saturated rings. The predicted octanol–water partition coefficient (Wildman–Crippen LogP) is 1.90. The summed E-state index contributed by atoms with van der Waals surface area (Å²) in [4.78, 5) is 2.45. The molecule has 2 rings (SSSR count). The summed E-state index contributed by atoms with van der Waals surface area (Å²) in [5, 5.41) is 3.42. The predicted molar refractivity (Wildman–Crippen MR) is 62.3 cm³/mol. The van der Waals surface area contributed by atoms with E-state index in [0.29, 0.717) is 0 Å². The van der Waals surface area contributed by atoms with E-state index in [-0.39, 0.29) is 0 Å². The molecular formula is C11H15N2Si. The Morgan fingerprint density at radius 2 is 2.21 bits per heavy atom. The fourth-order valence-electron chi connectivity index (χ4n) is 1.85. The van der Waals surface area contributed by atoms with E-state index >= 15 is 0 Å². The lowest BCUT2D eigenvalue weighted by atomic mass is 10.2. The van der Waals surface area contributed by atoms with Crippen molar-refractivity contribution >= 4 is 21.6 Å². The van der Waals surface area contributed by atoms with Crippen LogP contribution >= 0.6 is 0 Å². The molecular weight excluding hydrogens is 188 g/mol. The minimum absolute atomic E-state index is 1.05. The fraction of sp³-hybridized carbons (Fsp3) is 0.455. The Kier molecular flexibility index (Phi) is 3.09. The summed E-state index contributed by atoms with van der Waals surface area (Å²) >= 11 is 0. The first kappa shape index (κ1) is 9.59. The highest BCUT2D eigenvalue weighted by Gasteiger charge is 2.14. The normalized spacial score (nSPS) is 14.8. The van der Waals surface area contributed by atoms with Crippen molar-refractivity contribution in [1.29, 1.82) is 0 Å². The summed E-state index contributed by atoms with van der Waals surface area (Å²) < 4.78 is 0. The third-order valence-corrected chi connectivity index (χ3v) is 2.90. The first-order valence-electron chi connectivity index (χ1n) is 5.14. The van der Waals surface area contributed by atoms with Crippen LogP contribution in [0.3, 0.4) is 0 Å². The second-order valence-electron chi connectivity index (χ2n) is 3.53. The molecule has 73 valence electrons. The Bertz CT molecular complexity index is 301. The lowest BCUT2D eigenvalue weighted by Crippen LogP contribution is -2.34. The van der Waals surface area contributed by atoms with Crippen LogP contribution in [0.25, 0.3) is 0 Å². The summed E-state index contributed by atoms with van der Waals surface area (Å²) in [7, 11) is 3.52. The standard InChI is InChI=1S/C11H15N2Si/c14-9-3-7-13-8-6-12-10-4-1-2-5-11(10)13/h1-2,4-5,12H,3,6-9H2. The molecule has 1 aliphatic heterocycles.